The van der Waals surface area contributed by atoms with Gasteiger partial charge in [0, 0.05) is 125 Å². The van der Waals surface area contributed by atoms with Crippen molar-refractivity contribution >= 4 is 185 Å². The third-order valence-corrected chi connectivity index (χ3v) is 28.7. The molecule has 18 rings (SSSR count). The van der Waals surface area contributed by atoms with Gasteiger partial charge in [0.2, 0.25) is 14.2 Å². The number of benzene rings is 8. The summed E-state index contributed by atoms with van der Waals surface area (Å²) in [6.45, 7) is 10.2. The van der Waals surface area contributed by atoms with Gasteiger partial charge in [0.05, 0.1) is 35.4 Å². The maximum Gasteiger partial charge on any atom is 0.488 e. The zero-order valence-corrected chi connectivity index (χ0v) is 88.3. The summed E-state index contributed by atoms with van der Waals surface area (Å²) in [6.07, 6.45) is 9.06. The Balaban J connectivity index is 0.000000170. The monoisotopic (exact) mass is 2240 g/mol. The lowest BCUT2D eigenvalue weighted by Crippen LogP contribution is -2.43. The van der Waals surface area contributed by atoms with Crippen molar-refractivity contribution in [2.24, 2.45) is 5.73 Å². The van der Waals surface area contributed by atoms with Gasteiger partial charge in [0.15, 0.2) is 22.6 Å². The number of alkyl halides is 9. The van der Waals surface area contributed by atoms with E-state index in [9.17, 15) is 62.6 Å². The first-order valence-electron chi connectivity index (χ1n) is 44.1. The number of halogens is 10. The molecule has 0 saturated heterocycles. The van der Waals surface area contributed by atoms with E-state index in [1.807, 2.05) is 110 Å². The molecular weight excluding hydrogens is 2150 g/mol. The van der Waals surface area contributed by atoms with Crippen LogP contribution in [-0.4, -0.2) is 199 Å². The SMILES string of the molecule is CC(C)(C)OC(=O)N[C@H](CO)Cc1ccc(C(F)(F)F)cc1.CC(C)(C)OC(=O)N[C@H](COc1nnc(-c2ccc3cnccc3c2)s1)Cc1ccc(C(F)(F)F)cc1.CO.CS(=O)(=O)c1nnc(-c2ccc3cnccc3c2)s1.CSc1nnc(-c2ccc3cnccc3c2)s1.CSc1nnc(Br)s1.N[C@H](COc1nnc(-c2ccc3cnccc3c2)s1)Cc1ccc(C(F)(F)F)cc1.OB(O)c1ccc2cnccc2c1. The van der Waals surface area contributed by atoms with Crippen molar-refractivity contribution in [1.29, 1.82) is 0 Å². The average molecular weight is 2250 g/mol. The highest BCUT2D eigenvalue weighted by molar-refractivity contribution is 9.11. The summed E-state index contributed by atoms with van der Waals surface area (Å²) in [4.78, 5) is 44.3. The fraction of sp³-hybridized carbons (Fsp3) is 0.242. The number of thioether (sulfide) groups is 2. The average Bonchev–Trinajstić information content (AvgIpc) is 1.70. The van der Waals surface area contributed by atoms with E-state index in [4.69, 9.17) is 39.8 Å². The van der Waals surface area contributed by atoms with E-state index < -0.39 is 87.6 Å². The maximum absolute atomic E-state index is 12.9. The number of pyridine rings is 5. The highest BCUT2D eigenvalue weighted by Crippen LogP contribution is 2.38. The highest BCUT2D eigenvalue weighted by atomic mass is 79.9. The van der Waals surface area contributed by atoms with E-state index in [0.29, 0.717) is 49.0 Å². The van der Waals surface area contributed by atoms with Crippen molar-refractivity contribution in [3.63, 3.8) is 0 Å². The van der Waals surface area contributed by atoms with Crippen LogP contribution in [0.2, 0.25) is 0 Å². The van der Waals surface area contributed by atoms with Crippen molar-refractivity contribution in [2.75, 3.05) is 45.7 Å². The lowest BCUT2D eigenvalue weighted by molar-refractivity contribution is -0.138. The molecule has 18 aromatic rings. The van der Waals surface area contributed by atoms with Gasteiger partial charge < -0.3 is 55.6 Å². The molecule has 30 nitrogen and oxygen atoms in total. The predicted molar refractivity (Wildman–Crippen MR) is 564 cm³/mol. The van der Waals surface area contributed by atoms with Crippen LogP contribution in [-0.2, 0) is 57.1 Å². The Bertz CT molecular complexity index is 7490. The normalized spacial score (nSPS) is 12.1. The number of alkyl carbamates (subject to hydrolysis) is 2. The Morgan fingerprint density at radius 3 is 1.07 bits per heavy atom. The van der Waals surface area contributed by atoms with Crippen LogP contribution in [0.4, 0.5) is 49.1 Å². The number of amides is 2. The summed E-state index contributed by atoms with van der Waals surface area (Å²) in [5.74, 6) is 0. The number of hydrogen-bond donors (Lipinski definition) is 7. The molecule has 10 heterocycles. The van der Waals surface area contributed by atoms with E-state index in [1.165, 1.54) is 64.5 Å². The zero-order valence-electron chi connectivity index (χ0n) is 80.2. The Labute approximate surface area is 880 Å². The van der Waals surface area contributed by atoms with Gasteiger partial charge in [0.1, 0.15) is 34.4 Å². The lowest BCUT2D eigenvalue weighted by Gasteiger charge is -2.23. The molecule has 2 amide bonds. The van der Waals surface area contributed by atoms with Crippen LogP contribution >= 0.6 is 96.1 Å². The summed E-state index contributed by atoms with van der Waals surface area (Å²) in [5, 5.41) is 93.5. The molecule has 0 fully saturated rings. The van der Waals surface area contributed by atoms with Gasteiger partial charge in [-0.1, -0.05) is 194 Å². The van der Waals surface area contributed by atoms with Crippen molar-refractivity contribution in [3.8, 4) is 52.7 Å². The molecule has 10 aromatic heterocycles. The van der Waals surface area contributed by atoms with Crippen LogP contribution in [0.5, 0.6) is 10.4 Å². The van der Waals surface area contributed by atoms with Gasteiger partial charge in [-0.3, -0.25) is 24.9 Å². The molecule has 8 aromatic carbocycles. The number of aliphatic hydroxyl groups is 2. The molecule has 49 heteroatoms. The van der Waals surface area contributed by atoms with Crippen molar-refractivity contribution in [2.45, 2.75) is 122 Å². The fourth-order valence-corrected chi connectivity index (χ4v) is 19.2. The molecule has 8 N–H and O–H groups in total. The molecule has 0 aliphatic heterocycles. The first kappa shape index (κ1) is 115. The fourth-order valence-electron chi connectivity index (χ4n) is 13.1. The van der Waals surface area contributed by atoms with Crippen LogP contribution in [0.15, 0.2) is 273 Å². The van der Waals surface area contributed by atoms with E-state index >= 15 is 0 Å². The standard InChI is InChI=1S/C26H25F3N4O3S.C21H17F3N4OS.C15H20F3NO3.C12H9N3O2S2.C12H9N3S2.C9H8BNO2.C3H3BrN2S2.CH4O/c1-25(2,3)36-23(34)31-21(12-16-4-8-20(9-5-16)26(27,28)29)15-35-24-33-32-22(37-24)18-6-7-19-14-30-11-10-17(19)13-18;22-21(23,24)17-5-1-13(2-6-17)9-18(25)12-29-20-28-27-19(30-20)15-3-4-16-11-26-8-7-14(16)10-15;1-14(2,3)22-13(21)19-12(9-20)8-10-4-6-11(7-5-10)15(16,17)18;1-19(16,17)12-15-14-11(18-12)9-2-3-10-7-13-5-4-8(10)6-9;1-16-12-15-14-11(17-12)9-2-3-10-7-13-5-4-8(10)6-9;12-10(13)9-2-1-8-6-11-4-3-7(8)5-9;1-7-3-6-5-2(4)8-3;1-2/h4-11,13-14,21H,12,15H2,1-3H3,(H,31,34);1-8,10-11,18H,9,12,25H2;4-7,12,20H,8-9H2,1-3H3,(H,19,21);2-7H,1H3;2-7H,1H3;1-6,12-13H;1H3;2H,1H3/t21-;18-;12-;;;;;/m000...../s1. The molecule has 0 bridgehead atoms. The van der Waals surface area contributed by atoms with E-state index in [-0.39, 0.29) is 43.0 Å². The third kappa shape index (κ3) is 36.6. The molecule has 0 unspecified atom stereocenters. The Kier molecular flexibility index (Phi) is 42.0. The van der Waals surface area contributed by atoms with E-state index in [2.05, 4.69) is 121 Å². The Morgan fingerprint density at radius 2 is 0.736 bits per heavy atom. The molecule has 148 heavy (non-hydrogen) atoms. The number of hydrogen-bond acceptors (Lipinski definition) is 35. The van der Waals surface area contributed by atoms with Gasteiger partial charge in [0.25, 0.3) is 10.4 Å². The number of rotatable bonds is 23. The van der Waals surface area contributed by atoms with Gasteiger partial charge in [-0.05, 0) is 235 Å². The highest BCUT2D eigenvalue weighted by Gasteiger charge is 2.33. The molecule has 0 radical (unpaired) electrons. The zero-order chi connectivity index (χ0) is 107. The minimum Gasteiger partial charge on any atom is -0.467 e. The summed E-state index contributed by atoms with van der Waals surface area (Å²) in [6, 6.07) is 51.3. The Morgan fingerprint density at radius 1 is 0.412 bits per heavy atom. The first-order valence-corrected chi connectivity index (χ1v) is 53.3. The number of fused-ring (bicyclic) bond motifs is 5. The predicted octanol–water partition coefficient (Wildman–Crippen LogP) is 21.3. The molecule has 774 valence electrons. The molecule has 3 atom stereocenters. The van der Waals surface area contributed by atoms with Crippen LogP contribution in [0, 0.1) is 0 Å². The van der Waals surface area contributed by atoms with Crippen molar-refractivity contribution < 1.29 is 96.7 Å². The third-order valence-electron chi connectivity index (χ3n) is 20.0. The summed E-state index contributed by atoms with van der Waals surface area (Å²) in [7, 11) is -3.70. The molecule has 0 spiro atoms. The minimum absolute atomic E-state index is 0.0122. The number of sulfone groups is 1. The number of aliphatic hydroxyl groups excluding tert-OH is 2. The second-order valence-electron chi connectivity index (χ2n) is 33.5. The van der Waals surface area contributed by atoms with Gasteiger partial charge in [-0.2, -0.15) is 39.5 Å². The summed E-state index contributed by atoms with van der Waals surface area (Å²) >= 11 is 13.2. The van der Waals surface area contributed by atoms with E-state index in [0.717, 1.165) is 154 Å². The van der Waals surface area contributed by atoms with Gasteiger partial charge >= 0.3 is 37.8 Å². The van der Waals surface area contributed by atoms with Crippen LogP contribution in [0.1, 0.15) is 74.9 Å². The molecular formula is C99H95BBrF9N18O12S8. The summed E-state index contributed by atoms with van der Waals surface area (Å²) in [5.41, 5.74) is 8.67. The maximum atomic E-state index is 12.9. The van der Waals surface area contributed by atoms with Crippen LogP contribution in [0.25, 0.3) is 96.1 Å². The first-order chi connectivity index (χ1) is 70.3. The largest absolute Gasteiger partial charge is 0.488 e. The van der Waals surface area contributed by atoms with Gasteiger partial charge in [-0.15, -0.1) is 40.8 Å². The number of aromatic nitrogens is 15. The minimum atomic E-state index is -4.42. The quantitative estimate of drug-likeness (QED) is 0.0178. The number of carbonyl (C=O) groups excluding carboxylic acids is 2. The Hall–Kier alpha value is -12.9. The van der Waals surface area contributed by atoms with Crippen LogP contribution < -0.4 is 31.3 Å². The van der Waals surface area contributed by atoms with Crippen molar-refractivity contribution in [3.05, 3.63) is 293 Å². The number of nitrogens with one attached hydrogen (secondary N) is 2. The lowest BCUT2D eigenvalue weighted by atomic mass is 9.79. The topological polar surface area (TPSA) is 430 Å². The smallest absolute Gasteiger partial charge is 0.467 e. The molecule has 0 aliphatic rings. The number of ether oxygens (including phenoxy) is 4. The second-order valence-corrected chi connectivity index (χ2v) is 43.9. The number of nitrogens with two attached hydrogens (primary N) is 1. The van der Waals surface area contributed by atoms with Crippen molar-refractivity contribution in [1.82, 2.24) is 86.5 Å². The van der Waals surface area contributed by atoms with E-state index in [1.54, 1.807) is 156 Å². The molecule has 0 aliphatic carbocycles. The second kappa shape index (κ2) is 53.8. The number of nitrogens with zero attached hydrogens (tertiary/aromatic N) is 15. The molecule has 0 saturated carbocycles. The summed E-state index contributed by atoms with van der Waals surface area (Å²) < 4.78 is 162. The number of carbonyl (C=O) groups is 2. The van der Waals surface area contributed by atoms with Crippen LogP contribution in [0.3, 0.4) is 0 Å². The van der Waals surface area contributed by atoms with Gasteiger partial charge in [-0.25, -0.2) is 18.0 Å².